The summed E-state index contributed by atoms with van der Waals surface area (Å²) in [5, 5.41) is 10.8. The second kappa shape index (κ2) is 4.64. The van der Waals surface area contributed by atoms with Gasteiger partial charge >= 0.3 is 6.01 Å². The van der Waals surface area contributed by atoms with Crippen LogP contribution in [0.1, 0.15) is 12.8 Å². The average Bonchev–Trinajstić information content (AvgIpc) is 3.23. The van der Waals surface area contributed by atoms with Gasteiger partial charge in [-0.25, -0.2) is 4.98 Å². The molecule has 0 N–H and O–H groups in total. The number of ether oxygens (including phenoxy) is 1. The zero-order chi connectivity index (χ0) is 13.2. The fraction of sp³-hybridized carbons (Fsp3) is 0.231. The van der Waals surface area contributed by atoms with Gasteiger partial charge in [-0.1, -0.05) is 12.1 Å². The Morgan fingerprint density at radius 1 is 1.32 bits per heavy atom. The second-order valence-corrected chi connectivity index (χ2v) is 4.35. The third-order valence-electron chi connectivity index (χ3n) is 2.78. The lowest BCUT2D eigenvalue weighted by molar-refractivity contribution is -0.384. The van der Waals surface area contributed by atoms with Crippen LogP contribution in [-0.4, -0.2) is 21.0 Å². The van der Waals surface area contributed by atoms with E-state index in [9.17, 15) is 10.1 Å². The number of rotatable bonds is 4. The lowest BCUT2D eigenvalue weighted by Crippen LogP contribution is -2.01. The molecule has 0 radical (unpaired) electrons. The largest absolute Gasteiger partial charge is 0.460 e. The highest BCUT2D eigenvalue weighted by atomic mass is 16.6. The molecular formula is C13H11N3O3. The van der Waals surface area contributed by atoms with Crippen molar-refractivity contribution in [3.05, 3.63) is 46.6 Å². The molecule has 0 unspecified atom stereocenters. The van der Waals surface area contributed by atoms with Gasteiger partial charge in [0.2, 0.25) is 0 Å². The summed E-state index contributed by atoms with van der Waals surface area (Å²) in [6.45, 7) is 0. The Morgan fingerprint density at radius 3 is 2.89 bits per heavy atom. The zero-order valence-electron chi connectivity index (χ0n) is 10.0. The van der Waals surface area contributed by atoms with Gasteiger partial charge in [-0.15, -0.1) is 0 Å². The van der Waals surface area contributed by atoms with Crippen molar-refractivity contribution in [2.24, 2.45) is 0 Å². The molecule has 1 fully saturated rings. The van der Waals surface area contributed by atoms with Crippen LogP contribution < -0.4 is 4.74 Å². The Labute approximate surface area is 109 Å². The Hall–Kier alpha value is -2.50. The lowest BCUT2D eigenvalue weighted by atomic mass is 10.1. The minimum atomic E-state index is -0.424. The summed E-state index contributed by atoms with van der Waals surface area (Å²) < 4.78 is 5.51. The first-order valence-corrected chi connectivity index (χ1v) is 5.97. The standard InChI is InChI=1S/C13H11N3O3/c17-16(18)10-3-1-2-9(8-10)12-6-7-14-13(15-12)19-11-4-5-11/h1-3,6-8,11H,4-5H2. The molecule has 1 aromatic carbocycles. The van der Waals surface area contributed by atoms with E-state index < -0.39 is 4.92 Å². The summed E-state index contributed by atoms with van der Waals surface area (Å²) in [5.41, 5.74) is 1.34. The second-order valence-electron chi connectivity index (χ2n) is 4.35. The maximum absolute atomic E-state index is 10.8. The first kappa shape index (κ1) is 11.6. The fourth-order valence-corrected chi connectivity index (χ4v) is 1.67. The van der Waals surface area contributed by atoms with Gasteiger partial charge in [-0.2, -0.15) is 4.98 Å². The van der Waals surface area contributed by atoms with E-state index in [2.05, 4.69) is 9.97 Å². The van der Waals surface area contributed by atoms with Crippen LogP contribution in [0.25, 0.3) is 11.3 Å². The zero-order valence-corrected chi connectivity index (χ0v) is 10.0. The molecule has 0 aliphatic heterocycles. The molecule has 2 aromatic rings. The van der Waals surface area contributed by atoms with Gasteiger partial charge in [0.25, 0.3) is 5.69 Å². The number of nitro benzene ring substituents is 1. The molecule has 96 valence electrons. The molecule has 0 spiro atoms. The molecule has 19 heavy (non-hydrogen) atoms. The smallest absolute Gasteiger partial charge is 0.317 e. The molecule has 1 saturated carbocycles. The monoisotopic (exact) mass is 257 g/mol. The van der Waals surface area contributed by atoms with Crippen molar-refractivity contribution < 1.29 is 9.66 Å². The van der Waals surface area contributed by atoms with Crippen molar-refractivity contribution in [3.63, 3.8) is 0 Å². The van der Waals surface area contributed by atoms with Crippen molar-refractivity contribution >= 4 is 5.69 Å². The topological polar surface area (TPSA) is 78.2 Å². The Kier molecular flexibility index (Phi) is 2.83. The molecule has 0 amide bonds. The van der Waals surface area contributed by atoms with Gasteiger partial charge < -0.3 is 4.74 Å². The minimum Gasteiger partial charge on any atom is -0.460 e. The molecule has 0 saturated heterocycles. The number of benzene rings is 1. The molecule has 6 nitrogen and oxygen atoms in total. The Balaban J connectivity index is 1.91. The molecule has 0 bridgehead atoms. The van der Waals surface area contributed by atoms with Crippen molar-refractivity contribution in [1.29, 1.82) is 0 Å². The number of non-ortho nitro benzene ring substituents is 1. The van der Waals surface area contributed by atoms with Gasteiger partial charge in [-0.3, -0.25) is 10.1 Å². The van der Waals surface area contributed by atoms with Crippen LogP contribution >= 0.6 is 0 Å². The van der Waals surface area contributed by atoms with Crippen LogP contribution in [0.5, 0.6) is 6.01 Å². The first-order valence-electron chi connectivity index (χ1n) is 5.97. The van der Waals surface area contributed by atoms with Gasteiger partial charge in [0.05, 0.1) is 10.6 Å². The summed E-state index contributed by atoms with van der Waals surface area (Å²) in [6, 6.07) is 8.38. The summed E-state index contributed by atoms with van der Waals surface area (Å²) in [7, 11) is 0. The predicted molar refractivity (Wildman–Crippen MR) is 67.8 cm³/mol. The SMILES string of the molecule is O=[N+]([O-])c1cccc(-c2ccnc(OC3CC3)n2)c1. The van der Waals surface area contributed by atoms with E-state index in [0.29, 0.717) is 17.3 Å². The van der Waals surface area contributed by atoms with E-state index in [0.717, 1.165) is 12.8 Å². The van der Waals surface area contributed by atoms with E-state index in [-0.39, 0.29) is 11.8 Å². The van der Waals surface area contributed by atoms with Crippen LogP contribution in [0, 0.1) is 10.1 Å². The fourth-order valence-electron chi connectivity index (χ4n) is 1.67. The number of nitro groups is 1. The highest BCUT2D eigenvalue weighted by Crippen LogP contribution is 2.27. The summed E-state index contributed by atoms with van der Waals surface area (Å²) in [4.78, 5) is 18.6. The molecule has 3 rings (SSSR count). The summed E-state index contributed by atoms with van der Waals surface area (Å²) in [5.74, 6) is 0. The van der Waals surface area contributed by atoms with Gasteiger partial charge in [0.1, 0.15) is 6.10 Å². The van der Waals surface area contributed by atoms with E-state index in [1.165, 1.54) is 12.1 Å². The van der Waals surface area contributed by atoms with Crippen LogP contribution in [0.3, 0.4) is 0 Å². The highest BCUT2D eigenvalue weighted by Gasteiger charge is 2.24. The van der Waals surface area contributed by atoms with E-state index >= 15 is 0 Å². The quantitative estimate of drug-likeness (QED) is 0.621. The third-order valence-corrected chi connectivity index (χ3v) is 2.78. The molecule has 6 heteroatoms. The van der Waals surface area contributed by atoms with Crippen LogP contribution in [0.4, 0.5) is 5.69 Å². The van der Waals surface area contributed by atoms with E-state index in [1.54, 1.807) is 24.4 Å². The molecule has 1 aliphatic carbocycles. The molecule has 1 aromatic heterocycles. The first-order chi connectivity index (χ1) is 9.22. The number of hydrogen-bond acceptors (Lipinski definition) is 5. The molecule has 0 atom stereocenters. The number of aromatic nitrogens is 2. The molecule has 1 aliphatic rings. The molecule has 1 heterocycles. The molecular weight excluding hydrogens is 246 g/mol. The van der Waals surface area contributed by atoms with Crippen LogP contribution in [0.2, 0.25) is 0 Å². The minimum absolute atomic E-state index is 0.0424. The normalized spacial score (nSPS) is 14.1. The highest BCUT2D eigenvalue weighted by molar-refractivity contribution is 5.62. The Morgan fingerprint density at radius 2 is 2.16 bits per heavy atom. The van der Waals surface area contributed by atoms with Crippen molar-refractivity contribution in [1.82, 2.24) is 9.97 Å². The Bertz CT molecular complexity index is 626. The summed E-state index contributed by atoms with van der Waals surface area (Å²) in [6.07, 6.45) is 3.88. The van der Waals surface area contributed by atoms with Crippen molar-refractivity contribution in [2.75, 3.05) is 0 Å². The van der Waals surface area contributed by atoms with E-state index in [1.807, 2.05) is 0 Å². The van der Waals surface area contributed by atoms with E-state index in [4.69, 9.17) is 4.74 Å². The van der Waals surface area contributed by atoms with Gasteiger partial charge in [0.15, 0.2) is 0 Å². The van der Waals surface area contributed by atoms with Gasteiger partial charge in [0, 0.05) is 23.9 Å². The van der Waals surface area contributed by atoms with Crippen LogP contribution in [0.15, 0.2) is 36.5 Å². The maximum atomic E-state index is 10.8. The van der Waals surface area contributed by atoms with Crippen LogP contribution in [-0.2, 0) is 0 Å². The number of nitrogens with zero attached hydrogens (tertiary/aromatic N) is 3. The van der Waals surface area contributed by atoms with Crippen molar-refractivity contribution in [2.45, 2.75) is 18.9 Å². The van der Waals surface area contributed by atoms with Gasteiger partial charge in [-0.05, 0) is 18.9 Å². The third kappa shape index (κ3) is 2.67. The predicted octanol–water partition coefficient (Wildman–Crippen LogP) is 2.59. The summed E-state index contributed by atoms with van der Waals surface area (Å²) >= 11 is 0. The number of hydrogen-bond donors (Lipinski definition) is 0. The van der Waals surface area contributed by atoms with Crippen molar-refractivity contribution in [3.8, 4) is 17.3 Å². The average molecular weight is 257 g/mol. The maximum Gasteiger partial charge on any atom is 0.317 e. The lowest BCUT2D eigenvalue weighted by Gasteiger charge is -2.04.